The van der Waals surface area contributed by atoms with E-state index in [2.05, 4.69) is 15.7 Å². The second kappa shape index (κ2) is 5.28. The third-order valence-corrected chi connectivity index (χ3v) is 3.29. The molecule has 1 aliphatic heterocycles. The molecule has 0 atom stereocenters. The summed E-state index contributed by atoms with van der Waals surface area (Å²) in [6.45, 7) is 0.890. The molecular formula is C14H15N5O2. The Morgan fingerprint density at radius 2 is 2.29 bits per heavy atom. The number of primary amides is 1. The zero-order valence-electron chi connectivity index (χ0n) is 11.3. The third-order valence-electron chi connectivity index (χ3n) is 3.29. The highest BCUT2D eigenvalue weighted by atomic mass is 16.2. The van der Waals surface area contributed by atoms with Crippen molar-refractivity contribution in [1.82, 2.24) is 9.78 Å². The van der Waals surface area contributed by atoms with Gasteiger partial charge in [-0.05, 0) is 30.2 Å². The fourth-order valence-corrected chi connectivity index (χ4v) is 2.32. The number of nitrogens with two attached hydrogens (primary N) is 1. The standard InChI is InChI=1S/C14H15N5O2/c15-13(20)8-19-7-11(6-17-19)18-14(21)10-1-2-12-9(5-10)3-4-16-12/h1-2,5-7,16H,3-4,8H2,(H2,15,20)(H,18,21). The van der Waals surface area contributed by atoms with Crippen molar-refractivity contribution in [2.45, 2.75) is 13.0 Å². The maximum atomic E-state index is 12.2. The summed E-state index contributed by atoms with van der Waals surface area (Å²) in [5, 5.41) is 9.95. The molecular weight excluding hydrogens is 270 g/mol. The second-order valence-corrected chi connectivity index (χ2v) is 4.90. The monoisotopic (exact) mass is 285 g/mol. The first-order valence-electron chi connectivity index (χ1n) is 6.61. The lowest BCUT2D eigenvalue weighted by atomic mass is 10.1. The van der Waals surface area contributed by atoms with Gasteiger partial charge in [-0.3, -0.25) is 14.3 Å². The molecule has 0 unspecified atom stereocenters. The fourth-order valence-electron chi connectivity index (χ4n) is 2.32. The zero-order valence-corrected chi connectivity index (χ0v) is 11.3. The highest BCUT2D eigenvalue weighted by Crippen LogP contribution is 2.23. The van der Waals surface area contributed by atoms with E-state index in [4.69, 9.17) is 5.73 Å². The van der Waals surface area contributed by atoms with Gasteiger partial charge in [-0.25, -0.2) is 0 Å². The molecule has 7 heteroatoms. The summed E-state index contributed by atoms with van der Waals surface area (Å²) in [4.78, 5) is 23.0. The summed E-state index contributed by atoms with van der Waals surface area (Å²) in [6.07, 6.45) is 3.97. The molecule has 7 nitrogen and oxygen atoms in total. The van der Waals surface area contributed by atoms with Crippen molar-refractivity contribution in [3.8, 4) is 0 Å². The van der Waals surface area contributed by atoms with Gasteiger partial charge in [0, 0.05) is 24.0 Å². The lowest BCUT2D eigenvalue weighted by Crippen LogP contribution is -2.18. The Morgan fingerprint density at radius 1 is 1.43 bits per heavy atom. The molecule has 3 rings (SSSR count). The second-order valence-electron chi connectivity index (χ2n) is 4.90. The van der Waals surface area contributed by atoms with Crippen molar-refractivity contribution in [2.24, 2.45) is 5.73 Å². The first-order valence-corrected chi connectivity index (χ1v) is 6.61. The Balaban J connectivity index is 1.71. The van der Waals surface area contributed by atoms with E-state index in [1.54, 1.807) is 12.3 Å². The molecule has 2 heterocycles. The van der Waals surface area contributed by atoms with E-state index in [9.17, 15) is 9.59 Å². The van der Waals surface area contributed by atoms with Crippen LogP contribution in [0.3, 0.4) is 0 Å². The summed E-state index contributed by atoms with van der Waals surface area (Å²) in [6, 6.07) is 5.58. The van der Waals surface area contributed by atoms with Crippen molar-refractivity contribution in [1.29, 1.82) is 0 Å². The SMILES string of the molecule is NC(=O)Cn1cc(NC(=O)c2ccc3c(c2)CCN3)cn1. The van der Waals surface area contributed by atoms with Gasteiger partial charge in [0.15, 0.2) is 0 Å². The Labute approximate surface area is 121 Å². The number of carbonyl (C=O) groups is 2. The molecule has 1 aromatic carbocycles. The van der Waals surface area contributed by atoms with Crippen LogP contribution in [-0.2, 0) is 17.8 Å². The van der Waals surface area contributed by atoms with Gasteiger partial charge in [-0.2, -0.15) is 5.10 Å². The Hall–Kier alpha value is -2.83. The van der Waals surface area contributed by atoms with Gasteiger partial charge in [-0.1, -0.05) is 0 Å². The first kappa shape index (κ1) is 13.2. The Kier molecular flexibility index (Phi) is 3.31. The smallest absolute Gasteiger partial charge is 0.255 e. The van der Waals surface area contributed by atoms with E-state index in [1.165, 1.54) is 10.9 Å². The minimum Gasteiger partial charge on any atom is -0.384 e. The third kappa shape index (κ3) is 2.86. The summed E-state index contributed by atoms with van der Waals surface area (Å²) in [7, 11) is 0. The van der Waals surface area contributed by atoms with Gasteiger partial charge in [0.2, 0.25) is 5.91 Å². The molecule has 0 saturated carbocycles. The number of nitrogens with one attached hydrogen (secondary N) is 2. The van der Waals surface area contributed by atoms with Gasteiger partial charge in [0.05, 0.1) is 11.9 Å². The number of rotatable bonds is 4. The fraction of sp³-hybridized carbons (Fsp3) is 0.214. The average Bonchev–Trinajstić information content (AvgIpc) is 3.06. The highest BCUT2D eigenvalue weighted by molar-refractivity contribution is 6.04. The summed E-state index contributed by atoms with van der Waals surface area (Å²) in [5.41, 5.74) is 8.44. The van der Waals surface area contributed by atoms with Crippen LogP contribution in [0.2, 0.25) is 0 Å². The number of carbonyl (C=O) groups excluding carboxylic acids is 2. The number of anilines is 2. The van der Waals surface area contributed by atoms with Crippen molar-refractivity contribution >= 4 is 23.2 Å². The number of fused-ring (bicyclic) bond motifs is 1. The molecule has 108 valence electrons. The normalized spacial score (nSPS) is 12.6. The largest absolute Gasteiger partial charge is 0.384 e. The molecule has 0 fully saturated rings. The van der Waals surface area contributed by atoms with Crippen LogP contribution in [0.1, 0.15) is 15.9 Å². The molecule has 21 heavy (non-hydrogen) atoms. The van der Waals surface area contributed by atoms with E-state index >= 15 is 0 Å². The van der Waals surface area contributed by atoms with Crippen molar-refractivity contribution in [2.75, 3.05) is 17.2 Å². The number of benzene rings is 1. The molecule has 1 aromatic heterocycles. The van der Waals surface area contributed by atoms with Crippen molar-refractivity contribution in [3.05, 3.63) is 41.7 Å². The first-order chi connectivity index (χ1) is 10.1. The minimum atomic E-state index is -0.484. The van der Waals surface area contributed by atoms with E-state index in [-0.39, 0.29) is 12.5 Å². The van der Waals surface area contributed by atoms with Crippen LogP contribution >= 0.6 is 0 Å². The lowest BCUT2D eigenvalue weighted by Gasteiger charge is -2.05. The topological polar surface area (TPSA) is 102 Å². The summed E-state index contributed by atoms with van der Waals surface area (Å²) >= 11 is 0. The maximum absolute atomic E-state index is 12.2. The van der Waals surface area contributed by atoms with E-state index in [0.717, 1.165) is 24.2 Å². The zero-order chi connectivity index (χ0) is 14.8. The van der Waals surface area contributed by atoms with Gasteiger partial charge < -0.3 is 16.4 Å². The van der Waals surface area contributed by atoms with Crippen LogP contribution in [0, 0.1) is 0 Å². The predicted molar refractivity (Wildman–Crippen MR) is 78.0 cm³/mol. The van der Waals surface area contributed by atoms with Gasteiger partial charge >= 0.3 is 0 Å². The predicted octanol–water partition coefficient (Wildman–Crippen LogP) is 0.589. The number of amides is 2. The highest BCUT2D eigenvalue weighted by Gasteiger charge is 2.14. The number of hydrogen-bond donors (Lipinski definition) is 3. The molecule has 4 N–H and O–H groups in total. The van der Waals surface area contributed by atoms with Crippen molar-refractivity contribution < 1.29 is 9.59 Å². The van der Waals surface area contributed by atoms with Gasteiger partial charge in [-0.15, -0.1) is 0 Å². The molecule has 0 aliphatic carbocycles. The van der Waals surface area contributed by atoms with Crippen molar-refractivity contribution in [3.63, 3.8) is 0 Å². The van der Waals surface area contributed by atoms with E-state index in [1.807, 2.05) is 12.1 Å². The van der Waals surface area contributed by atoms with E-state index in [0.29, 0.717) is 11.3 Å². The molecule has 0 saturated heterocycles. The quantitative estimate of drug-likeness (QED) is 0.765. The Bertz CT molecular complexity index is 707. The Morgan fingerprint density at radius 3 is 3.10 bits per heavy atom. The number of nitrogens with zero attached hydrogens (tertiary/aromatic N) is 2. The summed E-state index contributed by atoms with van der Waals surface area (Å²) < 4.78 is 1.38. The van der Waals surface area contributed by atoms with Crippen LogP contribution in [0.15, 0.2) is 30.6 Å². The molecule has 0 radical (unpaired) electrons. The van der Waals surface area contributed by atoms with Gasteiger partial charge in [0.1, 0.15) is 6.54 Å². The average molecular weight is 285 g/mol. The summed E-state index contributed by atoms with van der Waals surface area (Å²) in [5.74, 6) is -0.689. The van der Waals surface area contributed by atoms with Crippen LogP contribution < -0.4 is 16.4 Å². The van der Waals surface area contributed by atoms with Gasteiger partial charge in [0.25, 0.3) is 5.91 Å². The van der Waals surface area contributed by atoms with Crippen LogP contribution in [-0.4, -0.2) is 28.1 Å². The number of hydrogen-bond acceptors (Lipinski definition) is 4. The number of aromatic nitrogens is 2. The van der Waals surface area contributed by atoms with Crippen LogP contribution in [0.5, 0.6) is 0 Å². The minimum absolute atomic E-state index is 0.0135. The maximum Gasteiger partial charge on any atom is 0.255 e. The molecule has 1 aliphatic rings. The molecule has 0 bridgehead atoms. The van der Waals surface area contributed by atoms with Crippen LogP contribution in [0.4, 0.5) is 11.4 Å². The molecule has 2 aromatic rings. The lowest BCUT2D eigenvalue weighted by molar-refractivity contribution is -0.118. The van der Waals surface area contributed by atoms with E-state index < -0.39 is 5.91 Å². The molecule has 0 spiro atoms. The molecule has 2 amide bonds. The van der Waals surface area contributed by atoms with Crippen LogP contribution in [0.25, 0.3) is 0 Å².